The highest BCUT2D eigenvalue weighted by atomic mass is 35.5. The lowest BCUT2D eigenvalue weighted by Crippen LogP contribution is -2.48. The zero-order valence-corrected chi connectivity index (χ0v) is 14.3. The van der Waals surface area contributed by atoms with E-state index < -0.39 is 0 Å². The number of hydrogen-bond donors (Lipinski definition) is 0. The van der Waals surface area contributed by atoms with Crippen LogP contribution in [-0.4, -0.2) is 25.0 Å². The van der Waals surface area contributed by atoms with Gasteiger partial charge in [-0.3, -0.25) is 0 Å². The Morgan fingerprint density at radius 3 is 2.25 bits per heavy atom. The van der Waals surface area contributed by atoms with Crippen molar-refractivity contribution in [2.24, 2.45) is 0 Å². The van der Waals surface area contributed by atoms with Crippen LogP contribution >= 0.6 is 23.2 Å². The fraction of sp³-hybridized carbons (Fsp3) is 0.647. The number of halogens is 2. The monoisotopic (exact) mass is 313 g/mol. The number of rotatable bonds is 4. The van der Waals surface area contributed by atoms with Crippen LogP contribution in [0, 0.1) is 0 Å². The summed E-state index contributed by atoms with van der Waals surface area (Å²) in [5, 5.41) is 1.34. The summed E-state index contributed by atoms with van der Waals surface area (Å²) in [6, 6.07) is 6.80. The van der Waals surface area contributed by atoms with Gasteiger partial charge >= 0.3 is 0 Å². The number of hydrogen-bond acceptors (Lipinski definition) is 1. The highest BCUT2D eigenvalue weighted by Gasteiger charge is 2.41. The van der Waals surface area contributed by atoms with Gasteiger partial charge in [0.2, 0.25) is 0 Å². The minimum absolute atomic E-state index is 0.227. The van der Waals surface area contributed by atoms with E-state index in [0.717, 1.165) is 6.42 Å². The van der Waals surface area contributed by atoms with Crippen LogP contribution in [0.2, 0.25) is 10.0 Å². The SMILES string of the molecule is CCC(N(C)C)C1(c2ccc(Cl)c(Cl)c2)CCCCC1. The summed E-state index contributed by atoms with van der Waals surface area (Å²) in [6.07, 6.45) is 7.64. The van der Waals surface area contributed by atoms with Gasteiger partial charge in [0, 0.05) is 11.5 Å². The lowest BCUT2D eigenvalue weighted by molar-refractivity contribution is 0.126. The molecule has 0 amide bonds. The van der Waals surface area contributed by atoms with Crippen LogP contribution in [0.5, 0.6) is 0 Å². The molecule has 1 aromatic rings. The third-order valence-corrected chi connectivity index (χ3v) is 5.63. The van der Waals surface area contributed by atoms with Gasteiger partial charge < -0.3 is 4.90 Å². The molecule has 1 saturated carbocycles. The van der Waals surface area contributed by atoms with Gasteiger partial charge in [0.05, 0.1) is 10.0 Å². The predicted molar refractivity (Wildman–Crippen MR) is 89.0 cm³/mol. The lowest BCUT2D eigenvalue weighted by atomic mass is 9.64. The third-order valence-electron chi connectivity index (χ3n) is 4.89. The molecule has 112 valence electrons. The first-order valence-corrected chi connectivity index (χ1v) is 8.39. The highest BCUT2D eigenvalue weighted by molar-refractivity contribution is 6.42. The van der Waals surface area contributed by atoms with Crippen molar-refractivity contribution >= 4 is 23.2 Å². The van der Waals surface area contributed by atoms with Crippen LogP contribution in [0.25, 0.3) is 0 Å². The molecule has 1 aliphatic carbocycles. The summed E-state index contributed by atoms with van der Waals surface area (Å²) in [5.41, 5.74) is 1.59. The molecule has 1 aromatic carbocycles. The zero-order chi connectivity index (χ0) is 14.8. The molecule has 1 fully saturated rings. The Morgan fingerprint density at radius 1 is 1.10 bits per heavy atom. The minimum Gasteiger partial charge on any atom is -0.306 e. The summed E-state index contributed by atoms with van der Waals surface area (Å²) in [4.78, 5) is 2.38. The second-order valence-corrected chi connectivity index (χ2v) is 7.05. The molecule has 1 nitrogen and oxygen atoms in total. The van der Waals surface area contributed by atoms with Crippen molar-refractivity contribution in [3.8, 4) is 0 Å². The topological polar surface area (TPSA) is 3.24 Å². The van der Waals surface area contributed by atoms with Gasteiger partial charge in [0.1, 0.15) is 0 Å². The van der Waals surface area contributed by atoms with Gasteiger partial charge in [0.15, 0.2) is 0 Å². The quantitative estimate of drug-likeness (QED) is 0.705. The maximum absolute atomic E-state index is 6.28. The van der Waals surface area contributed by atoms with E-state index in [1.165, 1.54) is 37.7 Å². The molecular formula is C17H25Cl2N. The molecule has 2 rings (SSSR count). The Hall–Kier alpha value is -0.240. The van der Waals surface area contributed by atoms with Crippen molar-refractivity contribution in [2.75, 3.05) is 14.1 Å². The van der Waals surface area contributed by atoms with Gasteiger partial charge in [-0.2, -0.15) is 0 Å². The van der Waals surface area contributed by atoms with Crippen molar-refractivity contribution in [1.82, 2.24) is 4.90 Å². The fourth-order valence-electron chi connectivity index (χ4n) is 4.05. The van der Waals surface area contributed by atoms with Crippen molar-refractivity contribution in [3.05, 3.63) is 33.8 Å². The molecule has 0 aliphatic heterocycles. The molecule has 1 atom stereocenters. The van der Waals surface area contributed by atoms with E-state index in [-0.39, 0.29) is 5.41 Å². The summed E-state index contributed by atoms with van der Waals surface area (Å²) >= 11 is 12.4. The average molecular weight is 314 g/mol. The van der Waals surface area contributed by atoms with Crippen LogP contribution in [0.15, 0.2) is 18.2 Å². The average Bonchev–Trinajstić information content (AvgIpc) is 2.43. The lowest BCUT2D eigenvalue weighted by Gasteiger charge is -2.47. The van der Waals surface area contributed by atoms with Crippen molar-refractivity contribution in [3.63, 3.8) is 0 Å². The van der Waals surface area contributed by atoms with E-state index in [9.17, 15) is 0 Å². The van der Waals surface area contributed by atoms with Gasteiger partial charge in [-0.05, 0) is 51.1 Å². The second-order valence-electron chi connectivity index (χ2n) is 6.23. The third kappa shape index (κ3) is 3.00. The van der Waals surface area contributed by atoms with Crippen LogP contribution in [0.3, 0.4) is 0 Å². The maximum Gasteiger partial charge on any atom is 0.0595 e. The molecule has 0 saturated heterocycles. The second kappa shape index (κ2) is 6.68. The highest BCUT2D eigenvalue weighted by Crippen LogP contribution is 2.45. The van der Waals surface area contributed by atoms with Crippen molar-refractivity contribution in [1.29, 1.82) is 0 Å². The number of benzene rings is 1. The first kappa shape index (κ1) is 16.1. The Labute approximate surface area is 133 Å². The molecule has 0 bridgehead atoms. The van der Waals surface area contributed by atoms with Crippen LogP contribution in [0.4, 0.5) is 0 Å². The molecule has 0 spiro atoms. The summed E-state index contributed by atoms with van der Waals surface area (Å²) in [6.45, 7) is 2.29. The molecule has 0 N–H and O–H groups in total. The Bertz CT molecular complexity index is 450. The largest absolute Gasteiger partial charge is 0.306 e. The van der Waals surface area contributed by atoms with E-state index in [2.05, 4.69) is 38.1 Å². The van der Waals surface area contributed by atoms with E-state index >= 15 is 0 Å². The van der Waals surface area contributed by atoms with Crippen LogP contribution in [0.1, 0.15) is 51.0 Å². The molecule has 0 radical (unpaired) electrons. The maximum atomic E-state index is 6.28. The fourth-order valence-corrected chi connectivity index (χ4v) is 4.35. The van der Waals surface area contributed by atoms with E-state index in [1.807, 2.05) is 6.07 Å². The van der Waals surface area contributed by atoms with Gasteiger partial charge in [-0.1, -0.05) is 55.5 Å². The van der Waals surface area contributed by atoms with Crippen molar-refractivity contribution in [2.45, 2.75) is 56.9 Å². The summed E-state index contributed by atoms with van der Waals surface area (Å²) < 4.78 is 0. The molecule has 0 aromatic heterocycles. The predicted octanol–water partition coefficient (Wildman–Crippen LogP) is 5.54. The van der Waals surface area contributed by atoms with Crippen LogP contribution in [-0.2, 0) is 5.41 Å². The van der Waals surface area contributed by atoms with E-state index in [4.69, 9.17) is 23.2 Å². The molecule has 20 heavy (non-hydrogen) atoms. The smallest absolute Gasteiger partial charge is 0.0595 e. The van der Waals surface area contributed by atoms with Gasteiger partial charge in [-0.25, -0.2) is 0 Å². The molecule has 1 aliphatic rings. The van der Waals surface area contributed by atoms with Gasteiger partial charge in [-0.15, -0.1) is 0 Å². The standard InChI is InChI=1S/C17H25Cl2N/c1-4-16(20(2)3)17(10-6-5-7-11-17)13-8-9-14(18)15(19)12-13/h8-9,12,16H,4-7,10-11H2,1-3H3. The Morgan fingerprint density at radius 2 is 1.75 bits per heavy atom. The first-order valence-electron chi connectivity index (χ1n) is 7.63. The normalized spacial score (nSPS) is 20.1. The summed E-state index contributed by atoms with van der Waals surface area (Å²) in [5.74, 6) is 0. The summed E-state index contributed by atoms with van der Waals surface area (Å²) in [7, 11) is 4.39. The minimum atomic E-state index is 0.227. The zero-order valence-electron chi connectivity index (χ0n) is 12.8. The number of nitrogens with zero attached hydrogens (tertiary/aromatic N) is 1. The molecule has 0 heterocycles. The van der Waals surface area contributed by atoms with E-state index in [1.54, 1.807) is 0 Å². The van der Waals surface area contributed by atoms with Crippen molar-refractivity contribution < 1.29 is 0 Å². The Balaban J connectivity index is 2.47. The van der Waals surface area contributed by atoms with Crippen LogP contribution < -0.4 is 0 Å². The molecular weight excluding hydrogens is 289 g/mol. The Kier molecular flexibility index (Phi) is 5.39. The molecule has 3 heteroatoms. The molecule has 1 unspecified atom stereocenters. The number of likely N-dealkylation sites (N-methyl/N-ethyl adjacent to an activating group) is 1. The first-order chi connectivity index (χ1) is 9.51. The van der Waals surface area contributed by atoms with Gasteiger partial charge in [0.25, 0.3) is 0 Å². The van der Waals surface area contributed by atoms with E-state index in [0.29, 0.717) is 16.1 Å².